The van der Waals surface area contributed by atoms with Crippen LogP contribution in [0.5, 0.6) is 5.75 Å². The first-order chi connectivity index (χ1) is 17.0. The Hall–Kier alpha value is -3.26. The highest BCUT2D eigenvalue weighted by Gasteiger charge is 2.35. The third-order valence-electron chi connectivity index (χ3n) is 6.40. The molecule has 0 spiro atoms. The van der Waals surface area contributed by atoms with E-state index in [0.717, 1.165) is 42.0 Å². The topological polar surface area (TPSA) is 71.4 Å². The third kappa shape index (κ3) is 6.06. The van der Waals surface area contributed by atoms with Gasteiger partial charge in [0.1, 0.15) is 11.6 Å². The van der Waals surface area contributed by atoms with E-state index in [1.807, 2.05) is 36.1 Å². The lowest BCUT2D eigenvalue weighted by atomic mass is 9.97. The van der Waals surface area contributed by atoms with Gasteiger partial charge in [-0.15, -0.1) is 0 Å². The van der Waals surface area contributed by atoms with Crippen LogP contribution in [-0.4, -0.2) is 60.3 Å². The molecule has 1 saturated heterocycles. The van der Waals surface area contributed by atoms with Crippen LogP contribution in [0.15, 0.2) is 53.6 Å². The minimum atomic E-state index is -0.315. The zero-order chi connectivity index (χ0) is 24.8. The van der Waals surface area contributed by atoms with Gasteiger partial charge in [-0.3, -0.25) is 14.5 Å². The second-order valence-electron chi connectivity index (χ2n) is 8.84. The minimum absolute atomic E-state index is 0.134. The number of esters is 1. The van der Waals surface area contributed by atoms with Crippen molar-refractivity contribution in [3.63, 3.8) is 0 Å². The molecule has 0 radical (unpaired) electrons. The number of piperidine rings is 1. The first-order valence-electron chi connectivity index (χ1n) is 12.3. The summed E-state index contributed by atoms with van der Waals surface area (Å²) in [5.74, 6) is -0.0924. The van der Waals surface area contributed by atoms with E-state index in [-0.39, 0.29) is 36.2 Å². The number of carbonyl (C=O) groups is 2. The maximum atomic E-state index is 13.5. The molecule has 2 heterocycles. The molecule has 2 aliphatic rings. The summed E-state index contributed by atoms with van der Waals surface area (Å²) in [6, 6.07) is 13.6. The molecule has 2 atom stereocenters. The number of rotatable bonds is 8. The van der Waals surface area contributed by atoms with Gasteiger partial charge in [0.05, 0.1) is 37.4 Å². The zero-order valence-electron chi connectivity index (χ0n) is 20.3. The van der Waals surface area contributed by atoms with Gasteiger partial charge in [-0.25, -0.2) is 9.40 Å². The Labute approximate surface area is 205 Å². The normalized spacial score (nSPS) is 20.4. The fourth-order valence-electron chi connectivity index (χ4n) is 4.68. The van der Waals surface area contributed by atoms with Gasteiger partial charge in [0.15, 0.2) is 0 Å². The molecule has 186 valence electrons. The predicted molar refractivity (Wildman–Crippen MR) is 131 cm³/mol. The standard InChI is InChI=1S/C27H32FN3O4/c1-3-34-23-13-9-20(10-14-23)25-16-24(19-7-11-22(28)12-8-19)29-31(25)26(32)18-30-15-5-6-21(17-30)27(33)35-4-2/h7-14,21,25H,3-6,15-18H2,1-2H3/t21-,25+/m0/s1. The molecule has 0 bridgehead atoms. The molecule has 2 aromatic rings. The van der Waals surface area contributed by atoms with Crippen LogP contribution < -0.4 is 4.74 Å². The molecule has 1 amide bonds. The summed E-state index contributed by atoms with van der Waals surface area (Å²) >= 11 is 0. The molecular weight excluding hydrogens is 449 g/mol. The van der Waals surface area contributed by atoms with Crippen molar-refractivity contribution in [1.82, 2.24) is 9.91 Å². The average molecular weight is 482 g/mol. The molecule has 1 fully saturated rings. The number of hydrogen-bond donors (Lipinski definition) is 0. The summed E-state index contributed by atoms with van der Waals surface area (Å²) in [6.45, 7) is 6.08. The van der Waals surface area contributed by atoms with E-state index in [4.69, 9.17) is 9.47 Å². The quantitative estimate of drug-likeness (QED) is 0.529. The van der Waals surface area contributed by atoms with Gasteiger partial charge in [-0.05, 0) is 68.6 Å². The molecule has 0 saturated carbocycles. The molecule has 0 unspecified atom stereocenters. The van der Waals surface area contributed by atoms with Crippen molar-refractivity contribution in [3.8, 4) is 5.75 Å². The van der Waals surface area contributed by atoms with E-state index in [1.165, 1.54) is 12.1 Å². The van der Waals surface area contributed by atoms with Crippen LogP contribution in [0.1, 0.15) is 50.3 Å². The van der Waals surface area contributed by atoms with Crippen molar-refractivity contribution in [2.75, 3.05) is 32.8 Å². The number of amides is 1. The number of hydrazone groups is 1. The Morgan fingerprint density at radius 2 is 1.80 bits per heavy atom. The van der Waals surface area contributed by atoms with Crippen LogP contribution in [0.25, 0.3) is 0 Å². The zero-order valence-corrected chi connectivity index (χ0v) is 20.3. The van der Waals surface area contributed by atoms with Gasteiger partial charge in [-0.1, -0.05) is 24.3 Å². The summed E-state index contributed by atoms with van der Waals surface area (Å²) in [4.78, 5) is 27.7. The van der Waals surface area contributed by atoms with E-state index in [0.29, 0.717) is 26.2 Å². The van der Waals surface area contributed by atoms with Crippen LogP contribution in [-0.2, 0) is 14.3 Å². The van der Waals surface area contributed by atoms with Crippen LogP contribution in [0.3, 0.4) is 0 Å². The highest BCUT2D eigenvalue weighted by molar-refractivity contribution is 6.03. The second-order valence-corrected chi connectivity index (χ2v) is 8.84. The van der Waals surface area contributed by atoms with Crippen molar-refractivity contribution in [2.24, 2.45) is 11.0 Å². The van der Waals surface area contributed by atoms with Gasteiger partial charge >= 0.3 is 5.97 Å². The third-order valence-corrected chi connectivity index (χ3v) is 6.40. The highest BCUT2D eigenvalue weighted by Crippen LogP contribution is 2.34. The Morgan fingerprint density at radius 1 is 1.06 bits per heavy atom. The van der Waals surface area contributed by atoms with Gasteiger partial charge in [0.25, 0.3) is 5.91 Å². The molecule has 2 aromatic carbocycles. The molecule has 8 heteroatoms. The summed E-state index contributed by atoms with van der Waals surface area (Å²) in [5.41, 5.74) is 2.48. The second kappa shape index (κ2) is 11.4. The smallest absolute Gasteiger partial charge is 0.310 e. The van der Waals surface area contributed by atoms with E-state index in [9.17, 15) is 14.0 Å². The van der Waals surface area contributed by atoms with Gasteiger partial charge in [0, 0.05) is 13.0 Å². The maximum Gasteiger partial charge on any atom is 0.310 e. The maximum absolute atomic E-state index is 13.5. The largest absolute Gasteiger partial charge is 0.494 e. The molecule has 0 aromatic heterocycles. The van der Waals surface area contributed by atoms with Crippen LogP contribution >= 0.6 is 0 Å². The Kier molecular flexibility index (Phi) is 8.13. The first-order valence-corrected chi connectivity index (χ1v) is 12.3. The number of benzene rings is 2. The van der Waals surface area contributed by atoms with E-state index >= 15 is 0 Å². The number of ether oxygens (including phenoxy) is 2. The van der Waals surface area contributed by atoms with Crippen LogP contribution in [0, 0.1) is 11.7 Å². The lowest BCUT2D eigenvalue weighted by Gasteiger charge is -2.32. The highest BCUT2D eigenvalue weighted by atomic mass is 19.1. The van der Waals surface area contributed by atoms with Crippen molar-refractivity contribution >= 4 is 17.6 Å². The van der Waals surface area contributed by atoms with E-state index < -0.39 is 0 Å². The molecule has 2 aliphatic heterocycles. The van der Waals surface area contributed by atoms with Crippen molar-refractivity contribution < 1.29 is 23.5 Å². The molecule has 4 rings (SSSR count). The van der Waals surface area contributed by atoms with Crippen molar-refractivity contribution in [3.05, 3.63) is 65.5 Å². The Morgan fingerprint density at radius 3 is 2.49 bits per heavy atom. The number of halogens is 1. The summed E-state index contributed by atoms with van der Waals surface area (Å²) in [5, 5.41) is 6.23. The number of nitrogens with zero attached hydrogens (tertiary/aromatic N) is 3. The molecule has 0 aliphatic carbocycles. The average Bonchev–Trinajstić information content (AvgIpc) is 3.31. The Bertz CT molecular complexity index is 1060. The Balaban J connectivity index is 1.53. The summed E-state index contributed by atoms with van der Waals surface area (Å²) in [7, 11) is 0. The van der Waals surface area contributed by atoms with Crippen molar-refractivity contribution in [2.45, 2.75) is 39.2 Å². The fraction of sp³-hybridized carbons (Fsp3) is 0.444. The lowest BCUT2D eigenvalue weighted by Crippen LogP contribution is -2.44. The molecule has 7 nitrogen and oxygen atoms in total. The molecule has 0 N–H and O–H groups in total. The molecular formula is C27H32FN3O4. The SMILES string of the molecule is CCOC(=O)[C@H]1CCCN(CC(=O)N2N=C(c3ccc(F)cc3)C[C@@H]2c2ccc(OCC)cc2)C1. The van der Waals surface area contributed by atoms with Gasteiger partial charge in [0.2, 0.25) is 0 Å². The minimum Gasteiger partial charge on any atom is -0.494 e. The number of likely N-dealkylation sites (tertiary alicyclic amines) is 1. The molecule has 35 heavy (non-hydrogen) atoms. The number of hydrogen-bond acceptors (Lipinski definition) is 6. The fourth-order valence-corrected chi connectivity index (χ4v) is 4.68. The predicted octanol–water partition coefficient (Wildman–Crippen LogP) is 4.18. The van der Waals surface area contributed by atoms with Crippen molar-refractivity contribution in [1.29, 1.82) is 0 Å². The summed E-state index contributed by atoms with van der Waals surface area (Å²) in [6.07, 6.45) is 2.13. The van der Waals surface area contributed by atoms with E-state index in [1.54, 1.807) is 24.1 Å². The van der Waals surface area contributed by atoms with Gasteiger partial charge < -0.3 is 9.47 Å². The van der Waals surface area contributed by atoms with Gasteiger partial charge in [-0.2, -0.15) is 5.10 Å². The summed E-state index contributed by atoms with van der Waals surface area (Å²) < 4.78 is 24.2. The monoisotopic (exact) mass is 481 g/mol. The lowest BCUT2D eigenvalue weighted by molar-refractivity contribution is -0.150. The van der Waals surface area contributed by atoms with Crippen LogP contribution in [0.2, 0.25) is 0 Å². The number of carbonyl (C=O) groups excluding carboxylic acids is 2. The first kappa shape index (κ1) is 24.9. The van der Waals surface area contributed by atoms with Crippen LogP contribution in [0.4, 0.5) is 4.39 Å². The van der Waals surface area contributed by atoms with E-state index in [2.05, 4.69) is 5.10 Å².